The summed E-state index contributed by atoms with van der Waals surface area (Å²) in [7, 11) is 3.26. The van der Waals surface area contributed by atoms with E-state index in [-0.39, 0.29) is 36.0 Å². The van der Waals surface area contributed by atoms with E-state index in [4.69, 9.17) is 23.4 Å². The van der Waals surface area contributed by atoms with Gasteiger partial charge in [0.25, 0.3) is 0 Å². The highest BCUT2D eigenvalue weighted by Crippen LogP contribution is 2.44. The van der Waals surface area contributed by atoms with E-state index >= 15 is 0 Å². The number of ether oxygens (including phenoxy) is 4. The summed E-state index contributed by atoms with van der Waals surface area (Å²) in [6.07, 6.45) is 3.07. The topological polar surface area (TPSA) is 97.8 Å². The molecular formula is C37H33N3O6. The quantitative estimate of drug-likeness (QED) is 0.165. The Hall–Kier alpha value is -5.41. The molecular weight excluding hydrogens is 582 g/mol. The molecule has 9 heteroatoms. The van der Waals surface area contributed by atoms with Crippen molar-refractivity contribution < 1.29 is 23.4 Å². The highest BCUT2D eigenvalue weighted by molar-refractivity contribution is 5.82. The monoisotopic (exact) mass is 615 g/mol. The van der Waals surface area contributed by atoms with Crippen LogP contribution in [0.2, 0.25) is 0 Å². The predicted molar refractivity (Wildman–Crippen MR) is 173 cm³/mol. The summed E-state index contributed by atoms with van der Waals surface area (Å²) in [5.74, 6) is 1.96. The molecule has 3 heterocycles. The summed E-state index contributed by atoms with van der Waals surface area (Å²) in [5.41, 5.74) is 3.71. The van der Waals surface area contributed by atoms with Gasteiger partial charge in [0.1, 0.15) is 29.4 Å². The smallest absolute Gasteiger partial charge is 0.235 e. The molecule has 1 fully saturated rings. The number of benzene rings is 4. The number of methoxy groups -OCH3 is 2. The molecule has 0 aliphatic carbocycles. The SMILES string of the molecule is COc1ccc(-c2oc3ccccc3c(=O)c2OCc2cn(C3CC(c4ccccc4)OC(c4ccc(OC)cc4)C3)nn2)cc1. The normalized spacial score (nSPS) is 17.9. The van der Waals surface area contributed by atoms with Gasteiger partial charge < -0.3 is 23.4 Å². The molecule has 3 unspecified atom stereocenters. The van der Waals surface area contributed by atoms with Crippen LogP contribution in [0.3, 0.4) is 0 Å². The summed E-state index contributed by atoms with van der Waals surface area (Å²) < 4.78 is 31.6. The average molecular weight is 616 g/mol. The second kappa shape index (κ2) is 12.9. The van der Waals surface area contributed by atoms with E-state index in [1.165, 1.54) is 0 Å². The fourth-order valence-electron chi connectivity index (χ4n) is 5.92. The Labute approximate surface area is 265 Å². The molecule has 9 nitrogen and oxygen atoms in total. The number of nitrogens with zero attached hydrogens (tertiary/aromatic N) is 3. The van der Waals surface area contributed by atoms with Crippen LogP contribution in [0.5, 0.6) is 17.2 Å². The Morgan fingerprint density at radius 2 is 1.41 bits per heavy atom. The van der Waals surface area contributed by atoms with Crippen LogP contribution in [0, 0.1) is 0 Å². The first-order chi connectivity index (χ1) is 22.6. The van der Waals surface area contributed by atoms with E-state index < -0.39 is 0 Å². The molecule has 1 saturated heterocycles. The molecule has 4 aromatic carbocycles. The molecule has 46 heavy (non-hydrogen) atoms. The zero-order chi connectivity index (χ0) is 31.5. The molecule has 232 valence electrons. The molecule has 2 aromatic heterocycles. The van der Waals surface area contributed by atoms with Gasteiger partial charge in [-0.25, -0.2) is 4.68 Å². The first-order valence-corrected chi connectivity index (χ1v) is 15.2. The second-order valence-electron chi connectivity index (χ2n) is 11.2. The van der Waals surface area contributed by atoms with E-state index in [2.05, 4.69) is 22.4 Å². The largest absolute Gasteiger partial charge is 0.497 e. The van der Waals surface area contributed by atoms with Crippen LogP contribution < -0.4 is 19.6 Å². The van der Waals surface area contributed by atoms with E-state index in [0.717, 1.165) is 29.7 Å². The summed E-state index contributed by atoms with van der Waals surface area (Å²) in [6, 6.07) is 32.7. The number of aromatic nitrogens is 3. The van der Waals surface area contributed by atoms with Gasteiger partial charge in [0.05, 0.1) is 44.1 Å². The van der Waals surface area contributed by atoms with E-state index in [1.54, 1.807) is 32.4 Å². The van der Waals surface area contributed by atoms with Crippen molar-refractivity contribution in [3.63, 3.8) is 0 Å². The van der Waals surface area contributed by atoms with Crippen LogP contribution in [-0.2, 0) is 11.3 Å². The zero-order valence-corrected chi connectivity index (χ0v) is 25.5. The molecule has 7 rings (SSSR count). The van der Waals surface area contributed by atoms with Crippen molar-refractivity contribution in [1.82, 2.24) is 15.0 Å². The Bertz CT molecular complexity index is 1990. The maximum atomic E-state index is 13.6. The van der Waals surface area contributed by atoms with Crippen LogP contribution in [0.4, 0.5) is 0 Å². The molecule has 0 saturated carbocycles. The summed E-state index contributed by atoms with van der Waals surface area (Å²) in [5, 5.41) is 9.37. The third kappa shape index (κ3) is 5.97. The van der Waals surface area contributed by atoms with Gasteiger partial charge in [-0.2, -0.15) is 0 Å². The number of hydrogen-bond acceptors (Lipinski definition) is 8. The summed E-state index contributed by atoms with van der Waals surface area (Å²) in [4.78, 5) is 13.6. The number of fused-ring (bicyclic) bond motifs is 1. The first kappa shape index (κ1) is 29.3. The molecule has 1 aliphatic rings. The van der Waals surface area contributed by atoms with Gasteiger partial charge in [-0.05, 0) is 59.7 Å². The standard InChI is InChI=1S/C37H33N3O6/c1-42-29-16-12-25(13-17-29)34-21-28(20-33(45-34)24-8-4-3-5-9-24)40-22-27(38-39-40)23-44-37-35(41)31-10-6-7-11-32(31)46-36(37)26-14-18-30(43-2)19-15-26/h3-19,22,28,33-34H,20-21,23H2,1-2H3. The van der Waals surface area contributed by atoms with Gasteiger partial charge in [0.15, 0.2) is 5.76 Å². The molecule has 0 amide bonds. The lowest BCUT2D eigenvalue weighted by atomic mass is 9.91. The molecule has 1 aliphatic heterocycles. The number of rotatable bonds is 9. The van der Waals surface area contributed by atoms with Crippen molar-refractivity contribution in [2.45, 2.75) is 37.7 Å². The molecule has 3 atom stereocenters. The van der Waals surface area contributed by atoms with Crippen molar-refractivity contribution in [1.29, 1.82) is 0 Å². The Kier molecular flexibility index (Phi) is 8.22. The number of hydrogen-bond donors (Lipinski definition) is 0. The van der Waals surface area contributed by atoms with Gasteiger partial charge >= 0.3 is 0 Å². The van der Waals surface area contributed by atoms with E-state index in [9.17, 15) is 4.79 Å². The maximum absolute atomic E-state index is 13.6. The van der Waals surface area contributed by atoms with Gasteiger partial charge in [-0.1, -0.05) is 59.8 Å². The molecule has 0 spiro atoms. The maximum Gasteiger partial charge on any atom is 0.235 e. The lowest BCUT2D eigenvalue weighted by Gasteiger charge is -2.36. The van der Waals surface area contributed by atoms with Crippen LogP contribution in [-0.4, -0.2) is 29.2 Å². The lowest BCUT2D eigenvalue weighted by molar-refractivity contribution is -0.0741. The number of para-hydroxylation sites is 1. The van der Waals surface area contributed by atoms with Crippen LogP contribution in [0.25, 0.3) is 22.3 Å². The summed E-state index contributed by atoms with van der Waals surface area (Å²) >= 11 is 0. The van der Waals surface area contributed by atoms with Gasteiger partial charge in [0, 0.05) is 18.4 Å². The van der Waals surface area contributed by atoms with Crippen LogP contribution >= 0.6 is 0 Å². The molecule has 0 radical (unpaired) electrons. The second-order valence-corrected chi connectivity index (χ2v) is 11.2. The minimum atomic E-state index is -0.252. The van der Waals surface area contributed by atoms with Gasteiger partial charge in [-0.3, -0.25) is 4.79 Å². The summed E-state index contributed by atoms with van der Waals surface area (Å²) in [6.45, 7) is 0.0412. The third-order valence-corrected chi connectivity index (χ3v) is 8.36. The molecule has 0 bridgehead atoms. The minimum absolute atomic E-state index is 0.0212. The minimum Gasteiger partial charge on any atom is -0.497 e. The van der Waals surface area contributed by atoms with Crippen molar-refractivity contribution in [2.75, 3.05) is 14.2 Å². The highest BCUT2D eigenvalue weighted by Gasteiger charge is 2.33. The van der Waals surface area contributed by atoms with Crippen molar-refractivity contribution in [2.24, 2.45) is 0 Å². The zero-order valence-electron chi connectivity index (χ0n) is 25.5. The highest BCUT2D eigenvalue weighted by atomic mass is 16.5. The predicted octanol–water partition coefficient (Wildman–Crippen LogP) is 7.48. The third-order valence-electron chi connectivity index (χ3n) is 8.36. The lowest BCUT2D eigenvalue weighted by Crippen LogP contribution is -2.26. The fourth-order valence-corrected chi connectivity index (χ4v) is 5.92. The Morgan fingerprint density at radius 1 is 0.783 bits per heavy atom. The van der Waals surface area contributed by atoms with E-state index in [1.807, 2.05) is 83.7 Å². The Balaban J connectivity index is 1.16. The Morgan fingerprint density at radius 3 is 2.11 bits per heavy atom. The van der Waals surface area contributed by atoms with E-state index in [0.29, 0.717) is 33.7 Å². The van der Waals surface area contributed by atoms with Crippen LogP contribution in [0.1, 0.15) is 47.9 Å². The van der Waals surface area contributed by atoms with Gasteiger partial charge in [0.2, 0.25) is 11.2 Å². The van der Waals surface area contributed by atoms with Crippen molar-refractivity contribution in [3.8, 4) is 28.6 Å². The average Bonchev–Trinajstić information content (AvgIpc) is 3.61. The van der Waals surface area contributed by atoms with Gasteiger partial charge in [-0.15, -0.1) is 5.10 Å². The van der Waals surface area contributed by atoms with Crippen LogP contribution in [0.15, 0.2) is 119 Å². The van der Waals surface area contributed by atoms with Crippen molar-refractivity contribution >= 4 is 11.0 Å². The van der Waals surface area contributed by atoms with Crippen molar-refractivity contribution in [3.05, 3.63) is 136 Å². The molecule has 0 N–H and O–H groups in total. The first-order valence-electron chi connectivity index (χ1n) is 15.2. The molecule has 6 aromatic rings. The fraction of sp³-hybridized carbons (Fsp3) is 0.216.